The molecule has 9 aromatic rings. The minimum atomic E-state index is 0.664. The number of thiophene rings is 2. The van der Waals surface area contributed by atoms with Gasteiger partial charge in [0, 0.05) is 57.0 Å². The van der Waals surface area contributed by atoms with Crippen molar-refractivity contribution in [3.05, 3.63) is 140 Å². The van der Waals surface area contributed by atoms with Crippen LogP contribution < -0.4 is 0 Å². The highest BCUT2D eigenvalue weighted by Gasteiger charge is 2.14. The number of rotatable bonds is 4. The fraction of sp³-hybridized carbons (Fsp3) is 0. The molecule has 0 radical (unpaired) electrons. The molecular formula is C39H23N3S2. The Morgan fingerprint density at radius 1 is 0.295 bits per heavy atom. The molecule has 0 bridgehead atoms. The lowest BCUT2D eigenvalue weighted by Crippen LogP contribution is -2.00. The molecule has 3 heterocycles. The molecule has 44 heavy (non-hydrogen) atoms. The van der Waals surface area contributed by atoms with E-state index in [4.69, 9.17) is 15.0 Å². The summed E-state index contributed by atoms with van der Waals surface area (Å²) in [4.78, 5) is 14.9. The zero-order chi connectivity index (χ0) is 29.0. The maximum Gasteiger partial charge on any atom is 0.164 e. The van der Waals surface area contributed by atoms with Crippen LogP contribution in [0.15, 0.2) is 140 Å². The van der Waals surface area contributed by atoms with Crippen molar-refractivity contribution >= 4 is 63.0 Å². The summed E-state index contributed by atoms with van der Waals surface area (Å²) in [7, 11) is 0. The Labute approximate surface area is 261 Å². The number of aromatic nitrogens is 3. The second kappa shape index (κ2) is 10.2. The maximum atomic E-state index is 5.01. The van der Waals surface area contributed by atoms with Gasteiger partial charge in [-0.2, -0.15) is 0 Å². The topological polar surface area (TPSA) is 38.7 Å². The van der Waals surface area contributed by atoms with Crippen LogP contribution in [0.4, 0.5) is 0 Å². The Morgan fingerprint density at radius 3 is 1.32 bits per heavy atom. The van der Waals surface area contributed by atoms with Crippen LogP contribution in [0, 0.1) is 0 Å². The first-order valence-electron chi connectivity index (χ1n) is 14.5. The second-order valence-corrected chi connectivity index (χ2v) is 13.0. The van der Waals surface area contributed by atoms with Crippen LogP contribution >= 0.6 is 22.7 Å². The number of fused-ring (bicyclic) bond motifs is 6. The molecule has 3 nitrogen and oxygen atoms in total. The number of hydrogen-bond acceptors (Lipinski definition) is 5. The standard InChI is InChI=1S/C39H23N3S2/c1-2-8-25(9-3-1)37-40-38(42-39(41-37)28-19-21-32-30-11-5-7-13-34(30)44-36(32)23-28)26-16-14-24(15-17-26)27-18-20-31-29-10-4-6-12-33(29)43-35(31)22-27/h1-23H. The second-order valence-electron chi connectivity index (χ2n) is 10.9. The van der Waals surface area contributed by atoms with Crippen LogP contribution in [0.25, 0.3) is 85.6 Å². The quantitative estimate of drug-likeness (QED) is 0.203. The molecule has 206 valence electrons. The minimum absolute atomic E-state index is 0.664. The van der Waals surface area contributed by atoms with Gasteiger partial charge in [0.15, 0.2) is 17.5 Å². The molecule has 3 aromatic heterocycles. The summed E-state index contributed by atoms with van der Waals surface area (Å²) < 4.78 is 5.14. The molecule has 6 aromatic carbocycles. The smallest absolute Gasteiger partial charge is 0.164 e. The molecule has 0 atom stereocenters. The summed E-state index contributed by atoms with van der Waals surface area (Å²) in [6.45, 7) is 0. The van der Waals surface area contributed by atoms with E-state index in [2.05, 4.69) is 109 Å². The third kappa shape index (κ3) is 4.29. The van der Waals surface area contributed by atoms with Crippen molar-refractivity contribution in [2.45, 2.75) is 0 Å². The molecule has 0 aliphatic heterocycles. The normalized spacial score (nSPS) is 11.6. The number of nitrogens with zero attached hydrogens (tertiary/aromatic N) is 3. The minimum Gasteiger partial charge on any atom is -0.208 e. The monoisotopic (exact) mass is 597 g/mol. The Morgan fingerprint density at radius 2 is 0.705 bits per heavy atom. The van der Waals surface area contributed by atoms with Gasteiger partial charge in [-0.3, -0.25) is 0 Å². The summed E-state index contributed by atoms with van der Waals surface area (Å²) in [6, 6.07) is 49.2. The Kier molecular flexibility index (Phi) is 5.86. The molecule has 0 aliphatic rings. The van der Waals surface area contributed by atoms with Crippen molar-refractivity contribution in [2.75, 3.05) is 0 Å². The fourth-order valence-corrected chi connectivity index (χ4v) is 8.22. The van der Waals surface area contributed by atoms with Crippen molar-refractivity contribution in [2.24, 2.45) is 0 Å². The van der Waals surface area contributed by atoms with E-state index in [-0.39, 0.29) is 0 Å². The third-order valence-corrected chi connectivity index (χ3v) is 10.4. The van der Waals surface area contributed by atoms with Crippen LogP contribution in [0.2, 0.25) is 0 Å². The van der Waals surface area contributed by atoms with Crippen LogP contribution in [0.3, 0.4) is 0 Å². The number of hydrogen-bond donors (Lipinski definition) is 0. The highest BCUT2D eigenvalue weighted by Crippen LogP contribution is 2.38. The largest absolute Gasteiger partial charge is 0.208 e. The lowest BCUT2D eigenvalue weighted by molar-refractivity contribution is 1.07. The fourth-order valence-electron chi connectivity index (χ4n) is 5.93. The molecule has 0 N–H and O–H groups in total. The molecule has 0 aliphatic carbocycles. The lowest BCUT2D eigenvalue weighted by atomic mass is 10.0. The third-order valence-electron chi connectivity index (χ3n) is 8.16. The molecule has 9 rings (SSSR count). The molecule has 0 spiro atoms. The van der Waals surface area contributed by atoms with Gasteiger partial charge >= 0.3 is 0 Å². The lowest BCUT2D eigenvalue weighted by Gasteiger charge is -2.09. The first-order chi connectivity index (χ1) is 21.8. The van der Waals surface area contributed by atoms with Gasteiger partial charge < -0.3 is 0 Å². The highest BCUT2D eigenvalue weighted by atomic mass is 32.1. The van der Waals surface area contributed by atoms with Crippen LogP contribution in [-0.4, -0.2) is 15.0 Å². The molecule has 0 saturated carbocycles. The molecular weight excluding hydrogens is 575 g/mol. The van der Waals surface area contributed by atoms with Crippen LogP contribution in [0.5, 0.6) is 0 Å². The van der Waals surface area contributed by atoms with Gasteiger partial charge in [-0.25, -0.2) is 15.0 Å². The van der Waals surface area contributed by atoms with Crippen molar-refractivity contribution in [1.29, 1.82) is 0 Å². The van der Waals surface area contributed by atoms with Gasteiger partial charge in [0.25, 0.3) is 0 Å². The summed E-state index contributed by atoms with van der Waals surface area (Å²) in [5.41, 5.74) is 5.28. The van der Waals surface area contributed by atoms with E-state index in [1.165, 1.54) is 51.5 Å². The summed E-state index contributed by atoms with van der Waals surface area (Å²) in [5.74, 6) is 2.01. The Bertz CT molecular complexity index is 2490. The van der Waals surface area contributed by atoms with Crippen molar-refractivity contribution < 1.29 is 0 Å². The van der Waals surface area contributed by atoms with E-state index in [1.807, 2.05) is 41.7 Å². The van der Waals surface area contributed by atoms with Gasteiger partial charge in [0.2, 0.25) is 0 Å². The first-order valence-corrected chi connectivity index (χ1v) is 16.2. The van der Waals surface area contributed by atoms with E-state index in [0.717, 1.165) is 16.7 Å². The SMILES string of the molecule is c1ccc(-c2nc(-c3ccc(-c4ccc5c(c4)sc4ccccc45)cc3)nc(-c3ccc4c(c3)sc3ccccc34)n2)cc1. The zero-order valence-corrected chi connectivity index (χ0v) is 25.1. The molecule has 0 amide bonds. The van der Waals surface area contributed by atoms with Gasteiger partial charge in [-0.05, 0) is 35.4 Å². The number of benzene rings is 6. The predicted molar refractivity (Wildman–Crippen MR) is 187 cm³/mol. The van der Waals surface area contributed by atoms with E-state index in [0.29, 0.717) is 17.5 Å². The Balaban J connectivity index is 1.13. The first kappa shape index (κ1) is 25.3. The van der Waals surface area contributed by atoms with Crippen molar-refractivity contribution in [3.8, 4) is 45.3 Å². The van der Waals surface area contributed by atoms with E-state index >= 15 is 0 Å². The average molecular weight is 598 g/mol. The van der Waals surface area contributed by atoms with E-state index in [1.54, 1.807) is 11.3 Å². The summed E-state index contributed by atoms with van der Waals surface area (Å²) in [5, 5.41) is 5.18. The molecule has 0 unspecified atom stereocenters. The van der Waals surface area contributed by atoms with Crippen molar-refractivity contribution in [3.63, 3.8) is 0 Å². The highest BCUT2D eigenvalue weighted by molar-refractivity contribution is 7.26. The van der Waals surface area contributed by atoms with Gasteiger partial charge in [0.1, 0.15) is 0 Å². The van der Waals surface area contributed by atoms with Gasteiger partial charge in [-0.15, -0.1) is 22.7 Å². The Hall–Kier alpha value is -5.23. The van der Waals surface area contributed by atoms with Crippen LogP contribution in [-0.2, 0) is 0 Å². The molecule has 0 saturated heterocycles. The summed E-state index contributed by atoms with van der Waals surface area (Å²) in [6.07, 6.45) is 0. The average Bonchev–Trinajstić information content (AvgIpc) is 3.66. The summed E-state index contributed by atoms with van der Waals surface area (Å²) >= 11 is 3.65. The van der Waals surface area contributed by atoms with Crippen LogP contribution in [0.1, 0.15) is 0 Å². The van der Waals surface area contributed by atoms with E-state index < -0.39 is 0 Å². The van der Waals surface area contributed by atoms with E-state index in [9.17, 15) is 0 Å². The van der Waals surface area contributed by atoms with Gasteiger partial charge in [-0.1, -0.05) is 115 Å². The molecule has 5 heteroatoms. The zero-order valence-electron chi connectivity index (χ0n) is 23.4. The predicted octanol–water partition coefficient (Wildman–Crippen LogP) is 11.3. The van der Waals surface area contributed by atoms with Crippen molar-refractivity contribution in [1.82, 2.24) is 15.0 Å². The van der Waals surface area contributed by atoms with Gasteiger partial charge in [0.05, 0.1) is 0 Å². The maximum absolute atomic E-state index is 5.01. The molecule has 0 fully saturated rings.